The van der Waals surface area contributed by atoms with Gasteiger partial charge >= 0.3 is 11.4 Å². The number of amides is 1. The fourth-order valence-electron chi connectivity index (χ4n) is 2.35. The molecule has 0 fully saturated rings. The van der Waals surface area contributed by atoms with Crippen LogP contribution in [0.3, 0.4) is 0 Å². The second-order valence-corrected chi connectivity index (χ2v) is 5.26. The molecule has 0 bridgehead atoms. The quantitative estimate of drug-likeness (QED) is 0.623. The number of hydrogen-bond acceptors (Lipinski definition) is 5. The monoisotopic (exact) mass is 332 g/mol. The summed E-state index contributed by atoms with van der Waals surface area (Å²) in [7, 11) is 0. The number of rotatable bonds is 3. The summed E-state index contributed by atoms with van der Waals surface area (Å²) < 4.78 is 6.54. The van der Waals surface area contributed by atoms with Crippen molar-refractivity contribution in [3.8, 4) is 11.5 Å². The van der Waals surface area contributed by atoms with E-state index in [0.29, 0.717) is 5.56 Å². The van der Waals surface area contributed by atoms with Crippen LogP contribution in [-0.2, 0) is 0 Å². The molecule has 0 spiro atoms. The van der Waals surface area contributed by atoms with Crippen LogP contribution >= 0.6 is 0 Å². The van der Waals surface area contributed by atoms with E-state index in [1.165, 1.54) is 6.20 Å². The van der Waals surface area contributed by atoms with Gasteiger partial charge in [0, 0.05) is 11.1 Å². The van der Waals surface area contributed by atoms with E-state index in [9.17, 15) is 9.59 Å². The molecule has 2 aromatic heterocycles. The number of carbonyl (C=O) groups excluding carboxylic acids is 1. The highest BCUT2D eigenvalue weighted by Gasteiger charge is 2.15. The molecule has 4 rings (SSSR count). The van der Waals surface area contributed by atoms with E-state index in [1.807, 2.05) is 30.3 Å². The zero-order valence-corrected chi connectivity index (χ0v) is 12.9. The molecular weight excluding hydrogens is 320 g/mol. The van der Waals surface area contributed by atoms with Crippen molar-refractivity contribution in [2.75, 3.05) is 5.32 Å². The van der Waals surface area contributed by atoms with Crippen molar-refractivity contribution < 1.29 is 9.21 Å². The van der Waals surface area contributed by atoms with Crippen LogP contribution in [0.2, 0.25) is 0 Å². The minimum absolute atomic E-state index is 0.0271. The molecule has 0 saturated carbocycles. The molecule has 7 heteroatoms. The van der Waals surface area contributed by atoms with Crippen molar-refractivity contribution in [3.05, 3.63) is 82.8 Å². The van der Waals surface area contributed by atoms with E-state index >= 15 is 0 Å². The average Bonchev–Trinajstić information content (AvgIpc) is 3.11. The van der Waals surface area contributed by atoms with Crippen molar-refractivity contribution in [2.45, 2.75) is 0 Å². The fourth-order valence-corrected chi connectivity index (χ4v) is 2.35. The molecule has 0 aliphatic carbocycles. The van der Waals surface area contributed by atoms with Crippen LogP contribution in [0, 0.1) is 0 Å². The molecule has 2 heterocycles. The Kier molecular flexibility index (Phi) is 3.59. The molecule has 7 nitrogen and oxygen atoms in total. The van der Waals surface area contributed by atoms with Crippen LogP contribution in [0.4, 0.5) is 5.69 Å². The van der Waals surface area contributed by atoms with Crippen LogP contribution < -0.4 is 10.9 Å². The second kappa shape index (κ2) is 6.04. The van der Waals surface area contributed by atoms with Crippen molar-refractivity contribution in [3.63, 3.8) is 0 Å². The number of benzene rings is 2. The van der Waals surface area contributed by atoms with Crippen molar-refractivity contribution in [1.29, 1.82) is 0 Å². The van der Waals surface area contributed by atoms with Crippen LogP contribution in [0.1, 0.15) is 10.4 Å². The maximum atomic E-state index is 12.5. The summed E-state index contributed by atoms with van der Waals surface area (Å²) in [5.41, 5.74) is 0.680. The summed E-state index contributed by atoms with van der Waals surface area (Å²) in [5.74, 6) is -0.0653. The Labute approximate surface area is 141 Å². The first-order chi connectivity index (χ1) is 12.2. The molecule has 1 amide bonds. The van der Waals surface area contributed by atoms with E-state index in [4.69, 9.17) is 4.42 Å². The first kappa shape index (κ1) is 14.8. The third-order valence-electron chi connectivity index (χ3n) is 3.59. The summed E-state index contributed by atoms with van der Waals surface area (Å²) in [6.07, 6.45) is 1.26. The van der Waals surface area contributed by atoms with Gasteiger partial charge in [0.15, 0.2) is 0 Å². The SMILES string of the molecule is O=C(Nc1cnc2oc(-c3ccccc3)nn2c1=O)c1ccccc1. The Bertz CT molecular complexity index is 1100. The lowest BCUT2D eigenvalue weighted by atomic mass is 10.2. The van der Waals surface area contributed by atoms with Gasteiger partial charge in [-0.25, -0.2) is 4.98 Å². The van der Waals surface area contributed by atoms with Gasteiger partial charge in [0.05, 0.1) is 6.20 Å². The molecule has 25 heavy (non-hydrogen) atoms. The minimum Gasteiger partial charge on any atom is -0.403 e. The highest BCUT2D eigenvalue weighted by atomic mass is 16.4. The fraction of sp³-hybridized carbons (Fsp3) is 0. The summed E-state index contributed by atoms with van der Waals surface area (Å²) in [6, 6.07) is 17.8. The van der Waals surface area contributed by atoms with E-state index in [2.05, 4.69) is 15.4 Å². The number of fused-ring (bicyclic) bond motifs is 1. The normalized spacial score (nSPS) is 10.7. The third-order valence-corrected chi connectivity index (χ3v) is 3.59. The molecule has 0 atom stereocenters. The Morgan fingerprint density at radius 1 is 1.00 bits per heavy atom. The topological polar surface area (TPSA) is 89.5 Å². The van der Waals surface area contributed by atoms with Gasteiger partial charge in [-0.1, -0.05) is 36.4 Å². The van der Waals surface area contributed by atoms with Crippen LogP contribution in [-0.4, -0.2) is 20.5 Å². The van der Waals surface area contributed by atoms with E-state index in [-0.39, 0.29) is 17.4 Å². The molecule has 0 saturated heterocycles. The van der Waals surface area contributed by atoms with Gasteiger partial charge < -0.3 is 9.73 Å². The van der Waals surface area contributed by atoms with Gasteiger partial charge in [0.25, 0.3) is 5.91 Å². The van der Waals surface area contributed by atoms with E-state index in [1.54, 1.807) is 30.3 Å². The number of anilines is 1. The summed E-state index contributed by atoms with van der Waals surface area (Å²) in [4.78, 5) is 28.8. The number of nitrogens with one attached hydrogen (secondary N) is 1. The van der Waals surface area contributed by atoms with E-state index < -0.39 is 11.5 Å². The number of aromatic nitrogens is 3. The zero-order chi connectivity index (χ0) is 17.2. The first-order valence-corrected chi connectivity index (χ1v) is 7.53. The molecule has 0 radical (unpaired) electrons. The summed E-state index contributed by atoms with van der Waals surface area (Å²) >= 11 is 0. The molecule has 0 aliphatic rings. The lowest BCUT2D eigenvalue weighted by molar-refractivity contribution is 0.102. The number of hydrogen-bond donors (Lipinski definition) is 1. The van der Waals surface area contributed by atoms with Gasteiger partial charge in [0.2, 0.25) is 5.89 Å². The highest BCUT2D eigenvalue weighted by molar-refractivity contribution is 6.04. The smallest absolute Gasteiger partial charge is 0.328 e. The highest BCUT2D eigenvalue weighted by Crippen LogP contribution is 2.18. The van der Waals surface area contributed by atoms with Crippen LogP contribution in [0.5, 0.6) is 0 Å². The molecule has 122 valence electrons. The standard InChI is InChI=1S/C18H12N4O3/c23-15(12-7-3-1-4-8-12)20-14-11-19-18-22(17(14)24)21-16(25-18)13-9-5-2-6-10-13/h1-11H,(H,20,23). The van der Waals surface area contributed by atoms with Crippen molar-refractivity contribution >= 4 is 17.4 Å². The zero-order valence-electron chi connectivity index (χ0n) is 12.9. The van der Waals surface area contributed by atoms with Gasteiger partial charge in [-0.15, -0.1) is 9.61 Å². The molecule has 4 aromatic rings. The Morgan fingerprint density at radius 2 is 1.68 bits per heavy atom. The Hall–Kier alpha value is -3.74. The van der Waals surface area contributed by atoms with Gasteiger partial charge in [-0.2, -0.15) is 0 Å². The van der Waals surface area contributed by atoms with Crippen LogP contribution in [0.15, 0.2) is 76.1 Å². The molecule has 2 aromatic carbocycles. The van der Waals surface area contributed by atoms with Crippen molar-refractivity contribution in [2.24, 2.45) is 0 Å². The average molecular weight is 332 g/mol. The Balaban J connectivity index is 1.71. The lowest BCUT2D eigenvalue weighted by Crippen LogP contribution is -2.23. The summed E-state index contributed by atoms with van der Waals surface area (Å²) in [5, 5.41) is 6.70. The molecule has 0 unspecified atom stereocenters. The molecule has 0 aliphatic heterocycles. The predicted octanol–water partition coefficient (Wildman–Crippen LogP) is 2.60. The van der Waals surface area contributed by atoms with Gasteiger partial charge in [-0.3, -0.25) is 9.59 Å². The largest absolute Gasteiger partial charge is 0.403 e. The first-order valence-electron chi connectivity index (χ1n) is 7.53. The minimum atomic E-state index is -0.514. The van der Waals surface area contributed by atoms with E-state index in [0.717, 1.165) is 10.1 Å². The number of nitrogens with zero attached hydrogens (tertiary/aromatic N) is 3. The maximum absolute atomic E-state index is 12.5. The second-order valence-electron chi connectivity index (χ2n) is 5.26. The lowest BCUT2D eigenvalue weighted by Gasteiger charge is -2.03. The Morgan fingerprint density at radius 3 is 2.40 bits per heavy atom. The summed E-state index contributed by atoms with van der Waals surface area (Å²) in [6.45, 7) is 0. The molecule has 1 N–H and O–H groups in total. The third kappa shape index (κ3) is 2.78. The van der Waals surface area contributed by atoms with Crippen molar-refractivity contribution in [1.82, 2.24) is 14.6 Å². The maximum Gasteiger partial charge on any atom is 0.328 e. The molecular formula is C18H12N4O3. The van der Waals surface area contributed by atoms with Crippen LogP contribution in [0.25, 0.3) is 17.3 Å². The number of carbonyl (C=O) groups is 1. The van der Waals surface area contributed by atoms with Gasteiger partial charge in [0.1, 0.15) is 5.69 Å². The van der Waals surface area contributed by atoms with Gasteiger partial charge in [-0.05, 0) is 24.3 Å². The predicted molar refractivity (Wildman–Crippen MR) is 91.4 cm³/mol.